The van der Waals surface area contributed by atoms with Crippen molar-refractivity contribution in [3.8, 4) is 0 Å². The maximum atomic E-state index is 12.1. The average Bonchev–Trinajstić information content (AvgIpc) is 2.39. The number of carbonyl (C=O) groups is 2. The molecule has 1 aliphatic heterocycles. The van der Waals surface area contributed by atoms with Gasteiger partial charge in [-0.25, -0.2) is 0 Å². The molecule has 0 atom stereocenters. The van der Waals surface area contributed by atoms with Crippen molar-refractivity contribution in [3.05, 3.63) is 0 Å². The number of nitrogens with zero attached hydrogens (tertiary/aromatic N) is 3. The van der Waals surface area contributed by atoms with Crippen molar-refractivity contribution in [2.45, 2.75) is 33.1 Å². The van der Waals surface area contributed by atoms with Crippen LogP contribution in [0.5, 0.6) is 0 Å². The van der Waals surface area contributed by atoms with Gasteiger partial charge in [0, 0.05) is 52.6 Å². The zero-order chi connectivity index (χ0) is 14.3. The van der Waals surface area contributed by atoms with Crippen LogP contribution in [-0.4, -0.2) is 72.8 Å². The zero-order valence-electron chi connectivity index (χ0n) is 12.5. The lowest BCUT2D eigenvalue weighted by molar-refractivity contribution is -0.134. The Bertz CT molecular complexity index is 299. The Hall–Kier alpha value is -1.10. The van der Waals surface area contributed by atoms with Crippen molar-refractivity contribution in [2.24, 2.45) is 0 Å². The van der Waals surface area contributed by atoms with Crippen LogP contribution < -0.4 is 0 Å². The van der Waals surface area contributed by atoms with Gasteiger partial charge in [0.2, 0.25) is 11.8 Å². The highest BCUT2D eigenvalue weighted by molar-refractivity contribution is 5.78. The van der Waals surface area contributed by atoms with Crippen LogP contribution in [0.15, 0.2) is 0 Å². The van der Waals surface area contributed by atoms with E-state index in [1.165, 1.54) is 0 Å². The van der Waals surface area contributed by atoms with Crippen LogP contribution >= 0.6 is 0 Å². The first-order valence-electron chi connectivity index (χ1n) is 7.26. The molecule has 110 valence electrons. The number of unbranched alkanes of at least 4 members (excludes halogenated alkanes) is 1. The van der Waals surface area contributed by atoms with E-state index in [9.17, 15) is 9.59 Å². The van der Waals surface area contributed by atoms with Gasteiger partial charge in [-0.05, 0) is 13.5 Å². The lowest BCUT2D eigenvalue weighted by atomic mass is 10.2. The molecule has 0 aromatic carbocycles. The molecule has 1 aliphatic rings. The minimum Gasteiger partial charge on any atom is -0.342 e. The number of likely N-dealkylation sites (N-methyl/N-ethyl adjacent to an activating group) is 1. The molecule has 1 saturated heterocycles. The van der Waals surface area contributed by atoms with Crippen LogP contribution in [0, 0.1) is 0 Å². The molecule has 2 amide bonds. The number of piperazine rings is 1. The predicted molar refractivity (Wildman–Crippen MR) is 75.9 cm³/mol. The Morgan fingerprint density at radius 3 is 2.26 bits per heavy atom. The summed E-state index contributed by atoms with van der Waals surface area (Å²) < 4.78 is 0. The normalized spacial score (nSPS) is 16.5. The molecule has 0 spiro atoms. The molecule has 1 heterocycles. The van der Waals surface area contributed by atoms with Gasteiger partial charge in [-0.15, -0.1) is 0 Å². The van der Waals surface area contributed by atoms with Crippen molar-refractivity contribution >= 4 is 11.8 Å². The van der Waals surface area contributed by atoms with Crippen LogP contribution in [0.4, 0.5) is 0 Å². The van der Waals surface area contributed by atoms with E-state index in [4.69, 9.17) is 0 Å². The van der Waals surface area contributed by atoms with E-state index in [0.29, 0.717) is 13.0 Å². The molecule has 0 bridgehead atoms. The quantitative estimate of drug-likeness (QED) is 0.716. The SMILES string of the molecule is CCCCN(CCC(=O)N1CCN(C)CC1)C(C)=O. The maximum Gasteiger partial charge on any atom is 0.224 e. The average molecular weight is 269 g/mol. The number of amides is 2. The van der Waals surface area contributed by atoms with E-state index in [-0.39, 0.29) is 11.8 Å². The highest BCUT2D eigenvalue weighted by Gasteiger charge is 2.19. The van der Waals surface area contributed by atoms with Gasteiger partial charge in [-0.3, -0.25) is 9.59 Å². The molecule has 1 rings (SSSR count). The van der Waals surface area contributed by atoms with Crippen molar-refractivity contribution in [2.75, 3.05) is 46.3 Å². The fourth-order valence-electron chi connectivity index (χ4n) is 2.22. The first-order valence-corrected chi connectivity index (χ1v) is 7.26. The highest BCUT2D eigenvalue weighted by Crippen LogP contribution is 2.04. The first kappa shape index (κ1) is 16.0. The van der Waals surface area contributed by atoms with E-state index in [2.05, 4.69) is 18.9 Å². The van der Waals surface area contributed by atoms with Gasteiger partial charge in [0.1, 0.15) is 0 Å². The second kappa shape index (κ2) is 8.15. The summed E-state index contributed by atoms with van der Waals surface area (Å²) in [5.74, 6) is 0.246. The van der Waals surface area contributed by atoms with E-state index < -0.39 is 0 Å². The summed E-state index contributed by atoms with van der Waals surface area (Å²) in [5.41, 5.74) is 0. The monoisotopic (exact) mass is 269 g/mol. The van der Waals surface area contributed by atoms with E-state index in [0.717, 1.165) is 45.6 Å². The van der Waals surface area contributed by atoms with Gasteiger partial charge in [-0.1, -0.05) is 13.3 Å². The predicted octanol–water partition coefficient (Wildman–Crippen LogP) is 0.799. The van der Waals surface area contributed by atoms with Crippen molar-refractivity contribution in [3.63, 3.8) is 0 Å². The van der Waals surface area contributed by atoms with Gasteiger partial charge in [-0.2, -0.15) is 0 Å². The lowest BCUT2D eigenvalue weighted by Crippen LogP contribution is -2.47. The summed E-state index contributed by atoms with van der Waals surface area (Å²) in [5, 5.41) is 0. The number of rotatable bonds is 6. The Morgan fingerprint density at radius 1 is 1.11 bits per heavy atom. The molecule has 0 unspecified atom stereocenters. The largest absolute Gasteiger partial charge is 0.342 e. The van der Waals surface area contributed by atoms with Gasteiger partial charge in [0.15, 0.2) is 0 Å². The van der Waals surface area contributed by atoms with Crippen molar-refractivity contribution in [1.82, 2.24) is 14.7 Å². The third kappa shape index (κ3) is 5.59. The van der Waals surface area contributed by atoms with Crippen LogP contribution in [0.25, 0.3) is 0 Å². The van der Waals surface area contributed by atoms with Gasteiger partial charge >= 0.3 is 0 Å². The maximum absolute atomic E-state index is 12.1. The molecule has 5 nitrogen and oxygen atoms in total. The molecule has 0 saturated carbocycles. The Morgan fingerprint density at radius 2 is 1.74 bits per heavy atom. The van der Waals surface area contributed by atoms with Crippen molar-refractivity contribution in [1.29, 1.82) is 0 Å². The second-order valence-corrected chi connectivity index (χ2v) is 5.29. The van der Waals surface area contributed by atoms with Crippen LogP contribution in [0.3, 0.4) is 0 Å². The standard InChI is InChI=1S/C14H27N3O2/c1-4-5-7-16(13(2)18)8-6-14(19)17-11-9-15(3)10-12-17/h4-12H2,1-3H3. The minimum atomic E-state index is 0.0691. The topological polar surface area (TPSA) is 43.9 Å². The molecule has 0 aromatic heterocycles. The summed E-state index contributed by atoms with van der Waals surface area (Å²) in [4.78, 5) is 29.5. The molecular weight excluding hydrogens is 242 g/mol. The molecule has 0 N–H and O–H groups in total. The fraction of sp³-hybridized carbons (Fsp3) is 0.857. The number of hydrogen-bond acceptors (Lipinski definition) is 3. The van der Waals surface area contributed by atoms with Crippen molar-refractivity contribution < 1.29 is 9.59 Å². The minimum absolute atomic E-state index is 0.0691. The lowest BCUT2D eigenvalue weighted by Gasteiger charge is -2.33. The fourth-order valence-corrected chi connectivity index (χ4v) is 2.22. The van der Waals surface area contributed by atoms with Gasteiger partial charge < -0.3 is 14.7 Å². The third-order valence-electron chi connectivity index (χ3n) is 3.68. The van der Waals surface area contributed by atoms with E-state index in [1.807, 2.05) is 4.90 Å². The van der Waals surface area contributed by atoms with Crippen LogP contribution in [0.1, 0.15) is 33.1 Å². The first-order chi connectivity index (χ1) is 9.04. The van der Waals surface area contributed by atoms with Crippen LogP contribution in [-0.2, 0) is 9.59 Å². The van der Waals surface area contributed by atoms with E-state index in [1.54, 1.807) is 11.8 Å². The van der Waals surface area contributed by atoms with E-state index >= 15 is 0 Å². The second-order valence-electron chi connectivity index (χ2n) is 5.29. The Balaban J connectivity index is 2.32. The summed E-state index contributed by atoms with van der Waals surface area (Å²) in [6.45, 7) is 8.51. The summed E-state index contributed by atoms with van der Waals surface area (Å²) >= 11 is 0. The summed E-state index contributed by atoms with van der Waals surface area (Å²) in [7, 11) is 2.07. The smallest absolute Gasteiger partial charge is 0.224 e. The number of carbonyl (C=O) groups excluding carboxylic acids is 2. The molecule has 19 heavy (non-hydrogen) atoms. The number of hydrogen-bond donors (Lipinski definition) is 0. The third-order valence-corrected chi connectivity index (χ3v) is 3.68. The molecular formula is C14H27N3O2. The summed E-state index contributed by atoms with van der Waals surface area (Å²) in [6.07, 6.45) is 2.52. The molecule has 0 radical (unpaired) electrons. The highest BCUT2D eigenvalue weighted by atomic mass is 16.2. The van der Waals surface area contributed by atoms with Gasteiger partial charge in [0.05, 0.1) is 0 Å². The Kier molecular flexibility index (Phi) is 6.84. The summed E-state index contributed by atoms with van der Waals surface area (Å²) in [6, 6.07) is 0. The molecule has 0 aliphatic carbocycles. The molecule has 5 heteroatoms. The zero-order valence-corrected chi connectivity index (χ0v) is 12.5. The van der Waals surface area contributed by atoms with Gasteiger partial charge in [0.25, 0.3) is 0 Å². The molecule has 1 fully saturated rings. The van der Waals surface area contributed by atoms with Crippen LogP contribution in [0.2, 0.25) is 0 Å². The molecule has 0 aromatic rings. The Labute approximate surface area is 116 Å².